The van der Waals surface area contributed by atoms with E-state index in [0.29, 0.717) is 17.4 Å². The van der Waals surface area contributed by atoms with Crippen molar-refractivity contribution in [2.75, 3.05) is 12.0 Å². The number of nitrogens with one attached hydrogen (secondary N) is 1. The van der Waals surface area contributed by atoms with Gasteiger partial charge >= 0.3 is 0 Å². The van der Waals surface area contributed by atoms with Gasteiger partial charge in [0, 0.05) is 16.6 Å². The third kappa shape index (κ3) is 3.25. The summed E-state index contributed by atoms with van der Waals surface area (Å²) >= 11 is 0. The highest BCUT2D eigenvalue weighted by atomic mass is 19.1. The van der Waals surface area contributed by atoms with Gasteiger partial charge in [-0.25, -0.2) is 9.29 Å². The van der Waals surface area contributed by atoms with E-state index in [1.165, 1.54) is 11.0 Å². The van der Waals surface area contributed by atoms with Crippen molar-refractivity contribution in [2.45, 2.75) is 51.9 Å². The van der Waals surface area contributed by atoms with E-state index >= 15 is 0 Å². The van der Waals surface area contributed by atoms with Crippen LogP contribution >= 0.6 is 0 Å². The van der Waals surface area contributed by atoms with Gasteiger partial charge in [-0.15, -0.1) is 0 Å². The third-order valence-electron chi connectivity index (χ3n) is 8.78. The number of aromatic nitrogens is 1. The van der Waals surface area contributed by atoms with Crippen molar-refractivity contribution in [3.8, 4) is 5.75 Å². The average Bonchev–Trinajstić information content (AvgIpc) is 3.33. The van der Waals surface area contributed by atoms with Crippen molar-refractivity contribution in [1.82, 2.24) is 4.98 Å². The maximum Gasteiger partial charge on any atom is 0.243 e. The average molecular weight is 475 g/mol. The molecule has 6 heteroatoms. The van der Waals surface area contributed by atoms with E-state index < -0.39 is 11.8 Å². The van der Waals surface area contributed by atoms with Crippen LogP contribution in [0.2, 0.25) is 0 Å². The third-order valence-corrected chi connectivity index (χ3v) is 8.78. The fraction of sp³-hybridized carbons (Fsp3) is 0.448. The molecule has 1 saturated heterocycles. The van der Waals surface area contributed by atoms with E-state index in [2.05, 4.69) is 25.8 Å². The molecule has 35 heavy (non-hydrogen) atoms. The number of nitrogens with zero attached hydrogens (tertiary/aromatic N) is 1. The Hall–Kier alpha value is -3.15. The Bertz CT molecular complexity index is 1340. The van der Waals surface area contributed by atoms with Gasteiger partial charge in [0.25, 0.3) is 0 Å². The molecule has 3 aliphatic rings. The number of H-pyrrole nitrogens is 1. The maximum absolute atomic E-state index is 14.3. The summed E-state index contributed by atoms with van der Waals surface area (Å²) in [5.41, 5.74) is 3.38. The predicted molar refractivity (Wildman–Crippen MR) is 133 cm³/mol. The molecule has 0 radical (unpaired) electrons. The number of imide groups is 1. The highest BCUT2D eigenvalue weighted by Gasteiger charge is 2.59. The molecule has 1 N–H and O–H groups in total. The number of carbonyl (C=O) groups is 2. The topological polar surface area (TPSA) is 62.4 Å². The molecule has 2 aromatic carbocycles. The first kappa shape index (κ1) is 22.3. The quantitative estimate of drug-likeness (QED) is 0.453. The number of ether oxygens (including phenoxy) is 1. The molecule has 2 aliphatic carbocycles. The second-order valence-corrected chi connectivity index (χ2v) is 11.5. The summed E-state index contributed by atoms with van der Waals surface area (Å²) in [6, 6.07) is 11.9. The number of benzene rings is 2. The molecule has 1 saturated carbocycles. The lowest BCUT2D eigenvalue weighted by molar-refractivity contribution is -0.123. The van der Waals surface area contributed by atoms with Crippen LogP contribution in [-0.2, 0) is 9.59 Å². The zero-order chi connectivity index (χ0) is 24.6. The number of rotatable bonds is 2. The first-order valence-electron chi connectivity index (χ1n) is 12.5. The molecule has 2 fully saturated rings. The number of aromatic amines is 1. The Morgan fingerprint density at radius 2 is 1.77 bits per heavy atom. The molecule has 182 valence electrons. The Kier molecular flexibility index (Phi) is 4.89. The number of fused-ring (bicyclic) bond motifs is 8. The minimum Gasteiger partial charge on any atom is -0.497 e. The summed E-state index contributed by atoms with van der Waals surface area (Å²) in [6.45, 7) is 6.78. The van der Waals surface area contributed by atoms with E-state index in [0.717, 1.165) is 41.4 Å². The van der Waals surface area contributed by atoms with Crippen LogP contribution in [0.5, 0.6) is 5.75 Å². The lowest BCUT2D eigenvalue weighted by Crippen LogP contribution is -2.41. The second kappa shape index (κ2) is 7.67. The maximum atomic E-state index is 14.3. The van der Waals surface area contributed by atoms with Gasteiger partial charge < -0.3 is 9.72 Å². The highest BCUT2D eigenvalue weighted by molar-refractivity contribution is 6.24. The SMILES string of the molecule is COc1ccc(N2C(=O)C3c4[nH]c5ccc(F)cc5c4C4CCC(C(C)(C)C)CC4C3C2=O)cc1. The van der Waals surface area contributed by atoms with Gasteiger partial charge in [0.2, 0.25) is 11.8 Å². The highest BCUT2D eigenvalue weighted by Crippen LogP contribution is 2.60. The lowest BCUT2D eigenvalue weighted by atomic mass is 9.56. The minimum absolute atomic E-state index is 0.0486. The van der Waals surface area contributed by atoms with Crippen molar-refractivity contribution in [2.24, 2.45) is 23.2 Å². The Labute approximate surface area is 204 Å². The number of hydrogen-bond acceptors (Lipinski definition) is 3. The van der Waals surface area contributed by atoms with E-state index in [1.807, 2.05) is 0 Å². The summed E-state index contributed by atoms with van der Waals surface area (Å²) in [5.74, 6) is -0.271. The van der Waals surface area contributed by atoms with Gasteiger partial charge in [-0.2, -0.15) is 0 Å². The first-order valence-corrected chi connectivity index (χ1v) is 12.5. The molecule has 5 nitrogen and oxygen atoms in total. The van der Waals surface area contributed by atoms with Crippen LogP contribution in [0.15, 0.2) is 42.5 Å². The van der Waals surface area contributed by atoms with Gasteiger partial charge in [0.15, 0.2) is 0 Å². The van der Waals surface area contributed by atoms with Crippen molar-refractivity contribution in [3.05, 3.63) is 59.5 Å². The van der Waals surface area contributed by atoms with Crippen molar-refractivity contribution < 1.29 is 18.7 Å². The van der Waals surface area contributed by atoms with Crippen LogP contribution in [0.3, 0.4) is 0 Å². The van der Waals surface area contributed by atoms with Gasteiger partial charge in [-0.05, 0) is 90.5 Å². The van der Waals surface area contributed by atoms with E-state index in [9.17, 15) is 14.0 Å². The number of halogens is 1. The van der Waals surface area contributed by atoms with Crippen LogP contribution in [0.4, 0.5) is 10.1 Å². The van der Waals surface area contributed by atoms with Crippen LogP contribution in [0.25, 0.3) is 10.9 Å². The van der Waals surface area contributed by atoms with Crippen LogP contribution in [-0.4, -0.2) is 23.9 Å². The van der Waals surface area contributed by atoms with Crippen molar-refractivity contribution >= 4 is 28.4 Å². The van der Waals surface area contributed by atoms with E-state index in [4.69, 9.17) is 4.74 Å². The molecule has 0 spiro atoms. The summed E-state index contributed by atoms with van der Waals surface area (Å²) in [4.78, 5) is 32.8. The second-order valence-electron chi connectivity index (χ2n) is 11.5. The summed E-state index contributed by atoms with van der Waals surface area (Å²) < 4.78 is 19.6. The fourth-order valence-corrected chi connectivity index (χ4v) is 7.01. The molecular formula is C29H31FN2O3. The number of carbonyl (C=O) groups excluding carboxylic acids is 2. The van der Waals surface area contributed by atoms with Crippen LogP contribution in [0.1, 0.15) is 63.1 Å². The molecular weight excluding hydrogens is 443 g/mol. The zero-order valence-corrected chi connectivity index (χ0v) is 20.6. The summed E-state index contributed by atoms with van der Waals surface area (Å²) in [6.07, 6.45) is 2.90. The largest absolute Gasteiger partial charge is 0.497 e. The summed E-state index contributed by atoms with van der Waals surface area (Å²) in [7, 11) is 1.59. The fourth-order valence-electron chi connectivity index (χ4n) is 7.01. The van der Waals surface area contributed by atoms with Crippen molar-refractivity contribution in [3.63, 3.8) is 0 Å². The molecule has 2 amide bonds. The molecule has 5 atom stereocenters. The molecule has 5 unspecified atom stereocenters. The van der Waals surface area contributed by atoms with Crippen LogP contribution in [0, 0.1) is 29.0 Å². The normalized spacial score (nSPS) is 28.1. The first-order chi connectivity index (χ1) is 16.7. The van der Waals surface area contributed by atoms with Crippen molar-refractivity contribution in [1.29, 1.82) is 0 Å². The van der Waals surface area contributed by atoms with Gasteiger partial charge in [-0.1, -0.05) is 20.8 Å². The lowest BCUT2D eigenvalue weighted by Gasteiger charge is -2.47. The number of methoxy groups -OCH3 is 1. The number of anilines is 1. The standard InChI is InChI=1S/C29H31FN2O3/c1-29(2,3)15-5-11-19-20(13-15)24-25(26-23(19)21-14-16(30)6-12-22(21)31-26)28(34)32(27(24)33)17-7-9-18(35-4)10-8-17/h6-10,12,14-15,19-20,24-25,31H,5,11,13H2,1-4H3. The molecule has 1 aromatic heterocycles. The molecule has 0 bridgehead atoms. The van der Waals surface area contributed by atoms with Gasteiger partial charge in [-0.3, -0.25) is 9.59 Å². The zero-order valence-electron chi connectivity index (χ0n) is 20.6. The number of hydrogen-bond donors (Lipinski definition) is 1. The molecule has 3 aromatic rings. The Morgan fingerprint density at radius 1 is 1.03 bits per heavy atom. The monoisotopic (exact) mass is 474 g/mol. The van der Waals surface area contributed by atoms with Gasteiger partial charge in [0.05, 0.1) is 24.6 Å². The van der Waals surface area contributed by atoms with E-state index in [1.54, 1.807) is 43.5 Å². The molecule has 1 aliphatic heterocycles. The van der Waals surface area contributed by atoms with Crippen LogP contribution < -0.4 is 9.64 Å². The Balaban J connectivity index is 1.51. The number of amides is 2. The summed E-state index contributed by atoms with van der Waals surface area (Å²) in [5, 5.41) is 0.853. The molecule has 2 heterocycles. The smallest absolute Gasteiger partial charge is 0.243 e. The Morgan fingerprint density at radius 3 is 2.46 bits per heavy atom. The predicted octanol–water partition coefficient (Wildman–Crippen LogP) is 6.15. The molecule has 6 rings (SSSR count). The van der Waals surface area contributed by atoms with Gasteiger partial charge in [0.1, 0.15) is 11.6 Å². The van der Waals surface area contributed by atoms with E-state index in [-0.39, 0.29) is 34.9 Å². The minimum atomic E-state index is -0.574.